The lowest BCUT2D eigenvalue weighted by Gasteiger charge is -2.32. The van der Waals surface area contributed by atoms with Crippen molar-refractivity contribution in [3.8, 4) is 0 Å². The van der Waals surface area contributed by atoms with Gasteiger partial charge >= 0.3 is 11.9 Å². The van der Waals surface area contributed by atoms with Crippen molar-refractivity contribution < 1.29 is 53.7 Å². The van der Waals surface area contributed by atoms with Gasteiger partial charge in [0.05, 0.1) is 12.1 Å². The summed E-state index contributed by atoms with van der Waals surface area (Å²) in [5.74, 6) is -6.11. The lowest BCUT2D eigenvalue weighted by Crippen LogP contribution is -2.61. The summed E-state index contributed by atoms with van der Waals surface area (Å²) in [7, 11) is 0. The Kier molecular flexibility index (Phi) is 22.3. The highest BCUT2D eigenvalue weighted by molar-refractivity contribution is 7.98. The van der Waals surface area contributed by atoms with Crippen LogP contribution in [0.5, 0.6) is 0 Å². The molecule has 2 rings (SSSR count). The molecule has 0 aliphatic carbocycles. The summed E-state index contributed by atoms with van der Waals surface area (Å²) in [5.41, 5.74) is 6.69. The number of nitrogens with zero attached hydrogens (tertiary/aromatic N) is 1. The smallest absolute Gasteiger partial charge is 0.326 e. The molecule has 8 atom stereocenters. The van der Waals surface area contributed by atoms with Crippen molar-refractivity contribution in [2.45, 2.75) is 121 Å². The molecule has 0 saturated carbocycles. The van der Waals surface area contributed by atoms with Gasteiger partial charge in [-0.1, -0.05) is 44.2 Å². The van der Waals surface area contributed by atoms with E-state index in [-0.39, 0.29) is 44.6 Å². The van der Waals surface area contributed by atoms with Crippen LogP contribution >= 0.6 is 23.5 Å². The molecule has 330 valence electrons. The number of carbonyl (C=O) groups excluding carboxylic acids is 6. The number of benzene rings is 1. The lowest BCUT2D eigenvalue weighted by atomic mass is 10.0. The van der Waals surface area contributed by atoms with Crippen LogP contribution in [0.4, 0.5) is 0 Å². The third-order valence-corrected chi connectivity index (χ3v) is 10.9. The average molecular weight is 868 g/mol. The molecule has 18 nitrogen and oxygen atoms in total. The molecule has 20 heteroatoms. The second-order valence-corrected chi connectivity index (χ2v) is 16.9. The van der Waals surface area contributed by atoms with E-state index >= 15 is 0 Å². The topological polar surface area (TPSA) is 287 Å². The number of likely N-dealkylation sites (tertiary alicyclic amines) is 1. The van der Waals surface area contributed by atoms with Crippen LogP contribution in [0.25, 0.3) is 0 Å². The summed E-state index contributed by atoms with van der Waals surface area (Å²) < 4.78 is 0. The minimum absolute atomic E-state index is 0.0269. The maximum atomic E-state index is 13.9. The van der Waals surface area contributed by atoms with Gasteiger partial charge in [-0.3, -0.25) is 33.6 Å². The van der Waals surface area contributed by atoms with Gasteiger partial charge in [0.15, 0.2) is 0 Å². The molecule has 1 aromatic carbocycles. The minimum Gasteiger partial charge on any atom is -0.481 e. The minimum atomic E-state index is -1.52. The second kappa shape index (κ2) is 25.9. The summed E-state index contributed by atoms with van der Waals surface area (Å²) in [6.45, 7) is 5.15. The van der Waals surface area contributed by atoms with Crippen molar-refractivity contribution in [3.05, 3.63) is 35.9 Å². The number of hydrogen-bond donors (Lipinski definition) is 9. The quantitative estimate of drug-likeness (QED) is 0.0586. The van der Waals surface area contributed by atoms with E-state index in [0.29, 0.717) is 29.9 Å². The Labute approximate surface area is 353 Å². The van der Waals surface area contributed by atoms with E-state index in [1.54, 1.807) is 36.6 Å². The van der Waals surface area contributed by atoms with Gasteiger partial charge in [-0.05, 0) is 80.9 Å². The molecule has 59 heavy (non-hydrogen) atoms. The number of hydrogen-bond acceptors (Lipinski definition) is 12. The Bertz CT molecular complexity index is 1590. The van der Waals surface area contributed by atoms with E-state index in [1.807, 2.05) is 20.1 Å². The van der Waals surface area contributed by atoms with Crippen LogP contribution in [0.15, 0.2) is 30.3 Å². The average Bonchev–Trinajstić information content (AvgIpc) is 3.68. The highest BCUT2D eigenvalue weighted by Gasteiger charge is 2.41. The predicted molar refractivity (Wildman–Crippen MR) is 224 cm³/mol. The summed E-state index contributed by atoms with van der Waals surface area (Å²) in [4.78, 5) is 106. The van der Waals surface area contributed by atoms with Crippen molar-refractivity contribution >= 4 is 70.9 Å². The SMILES string of the molecule is CSCC[C@H](NC(=O)[C@H](CCC(=O)O)NC(=O)[C@@H]1CCCN1C(=O)[C@@H](NC(=O)[C@H](CCSC)NC(=O)[C@@H](N)CC(C)C)[C@@H](C)O)C(=O)N[C@@H](Cc1ccccc1)C(=O)O. The third-order valence-electron chi connectivity index (χ3n) is 9.61. The van der Waals surface area contributed by atoms with Crippen LogP contribution < -0.4 is 32.3 Å². The second-order valence-electron chi connectivity index (χ2n) is 14.9. The molecule has 1 aliphatic heterocycles. The van der Waals surface area contributed by atoms with Gasteiger partial charge in [-0.25, -0.2) is 4.79 Å². The largest absolute Gasteiger partial charge is 0.481 e. The maximum absolute atomic E-state index is 13.9. The molecule has 1 heterocycles. The van der Waals surface area contributed by atoms with Crippen LogP contribution in [-0.4, -0.2) is 147 Å². The molecule has 1 aromatic rings. The number of nitrogens with one attached hydrogen (secondary N) is 5. The Morgan fingerprint density at radius 1 is 0.763 bits per heavy atom. The van der Waals surface area contributed by atoms with E-state index in [1.165, 1.54) is 35.3 Å². The molecule has 0 aromatic heterocycles. The normalized spacial score (nSPS) is 17.4. The number of rotatable bonds is 26. The fraction of sp³-hybridized carbons (Fsp3) is 0.641. The van der Waals surface area contributed by atoms with Crippen molar-refractivity contribution in [1.29, 1.82) is 0 Å². The van der Waals surface area contributed by atoms with Gasteiger partial charge in [0.25, 0.3) is 0 Å². The zero-order chi connectivity index (χ0) is 44.2. The maximum Gasteiger partial charge on any atom is 0.326 e. The molecule has 1 fully saturated rings. The number of thioether (sulfide) groups is 2. The molecular formula is C39H61N7O11S2. The Balaban J connectivity index is 2.26. The van der Waals surface area contributed by atoms with Crippen LogP contribution in [0.2, 0.25) is 0 Å². The molecule has 6 amide bonds. The number of nitrogens with two attached hydrogens (primary N) is 1. The first-order valence-corrected chi connectivity index (χ1v) is 22.4. The number of aliphatic hydroxyl groups is 1. The van der Waals surface area contributed by atoms with Gasteiger partial charge in [-0.15, -0.1) is 0 Å². The number of carboxylic acid groups (broad SMARTS) is 2. The first-order valence-electron chi connectivity index (χ1n) is 19.6. The van der Waals surface area contributed by atoms with Gasteiger partial charge in [-0.2, -0.15) is 23.5 Å². The number of carbonyl (C=O) groups is 8. The molecule has 0 bridgehead atoms. The molecule has 0 spiro atoms. The van der Waals surface area contributed by atoms with E-state index in [0.717, 1.165) is 0 Å². The Morgan fingerprint density at radius 3 is 1.80 bits per heavy atom. The van der Waals surface area contributed by atoms with Gasteiger partial charge in [0, 0.05) is 19.4 Å². The molecule has 1 saturated heterocycles. The zero-order valence-corrected chi connectivity index (χ0v) is 35.9. The Hall–Kier alpha value is -4.40. The molecular weight excluding hydrogens is 807 g/mol. The van der Waals surface area contributed by atoms with Crippen LogP contribution in [0.1, 0.15) is 71.3 Å². The summed E-state index contributed by atoms with van der Waals surface area (Å²) >= 11 is 2.81. The standard InChI is InChI=1S/C39H61N7O11S2/c1-22(2)20-25(40)33(50)41-28(16-19-59-5)36(53)45-32(23(3)47)38(55)46-17-9-12-30(46)37(54)43-26(13-14-31(48)49)34(51)42-27(15-18-58-4)35(52)44-29(39(56)57)21-24-10-7-6-8-11-24/h6-8,10-11,22-23,25-30,32,47H,9,12-21,40H2,1-5H3,(H,41,50)(H,42,51)(H,43,54)(H,44,52)(H,45,53)(H,48,49)(H,56,57)/t23-,25+,26+,27+,28+,29+,30+,32+/m1/s1. The van der Waals surface area contributed by atoms with Crippen LogP contribution in [0, 0.1) is 5.92 Å². The summed E-state index contributed by atoms with van der Waals surface area (Å²) in [5, 5.41) is 42.7. The first-order chi connectivity index (χ1) is 27.9. The predicted octanol–water partition coefficient (Wildman–Crippen LogP) is -0.146. The molecule has 10 N–H and O–H groups in total. The Morgan fingerprint density at radius 2 is 1.29 bits per heavy atom. The van der Waals surface area contributed by atoms with Crippen LogP contribution in [-0.2, 0) is 44.8 Å². The van der Waals surface area contributed by atoms with E-state index in [9.17, 15) is 53.7 Å². The zero-order valence-electron chi connectivity index (χ0n) is 34.3. The number of carboxylic acids is 2. The summed E-state index contributed by atoms with van der Waals surface area (Å²) in [6.07, 6.45) is 2.37. The molecule has 0 unspecified atom stereocenters. The molecule has 1 aliphatic rings. The van der Waals surface area contributed by atoms with Crippen molar-refractivity contribution in [2.75, 3.05) is 30.6 Å². The number of amides is 6. The van der Waals surface area contributed by atoms with Crippen molar-refractivity contribution in [2.24, 2.45) is 11.7 Å². The lowest BCUT2D eigenvalue weighted by molar-refractivity contribution is -0.145. The highest BCUT2D eigenvalue weighted by atomic mass is 32.2. The van der Waals surface area contributed by atoms with E-state index in [4.69, 9.17) is 5.73 Å². The first kappa shape index (κ1) is 50.7. The van der Waals surface area contributed by atoms with Gasteiger partial charge < -0.3 is 52.5 Å². The monoisotopic (exact) mass is 867 g/mol. The van der Waals surface area contributed by atoms with E-state index < -0.39 is 102 Å². The number of aliphatic carboxylic acids is 2. The third kappa shape index (κ3) is 17.4. The van der Waals surface area contributed by atoms with Gasteiger partial charge in [0.1, 0.15) is 36.3 Å². The fourth-order valence-electron chi connectivity index (χ4n) is 6.43. The summed E-state index contributed by atoms with van der Waals surface area (Å²) in [6, 6.07) is -0.0421. The molecule has 0 radical (unpaired) electrons. The van der Waals surface area contributed by atoms with E-state index in [2.05, 4.69) is 26.6 Å². The van der Waals surface area contributed by atoms with Crippen LogP contribution in [0.3, 0.4) is 0 Å². The fourth-order valence-corrected chi connectivity index (χ4v) is 7.37. The number of aliphatic hydroxyl groups excluding tert-OH is 1. The van der Waals surface area contributed by atoms with Crippen molar-refractivity contribution in [3.63, 3.8) is 0 Å². The van der Waals surface area contributed by atoms with Crippen molar-refractivity contribution in [1.82, 2.24) is 31.5 Å². The van der Waals surface area contributed by atoms with Gasteiger partial charge in [0.2, 0.25) is 35.4 Å². The highest BCUT2D eigenvalue weighted by Crippen LogP contribution is 2.20.